The fourth-order valence-electron chi connectivity index (χ4n) is 3.98. The number of aryl methyl sites for hydroxylation is 2. The third-order valence-electron chi connectivity index (χ3n) is 5.64. The molecule has 0 bridgehead atoms. The van der Waals surface area contributed by atoms with Crippen molar-refractivity contribution in [2.75, 3.05) is 5.32 Å². The predicted octanol–water partition coefficient (Wildman–Crippen LogP) is 4.81. The number of nitrogens with one attached hydrogen (secondary N) is 1. The fraction of sp³-hybridized carbons (Fsp3) is 0.250. The van der Waals surface area contributed by atoms with Crippen molar-refractivity contribution in [3.63, 3.8) is 0 Å². The van der Waals surface area contributed by atoms with Crippen LogP contribution in [0.25, 0.3) is 22.2 Å². The van der Waals surface area contributed by atoms with Gasteiger partial charge in [-0.25, -0.2) is 9.97 Å². The van der Waals surface area contributed by atoms with Gasteiger partial charge in [-0.15, -0.1) is 11.3 Å². The highest BCUT2D eigenvalue weighted by atomic mass is 32.1. The number of hydrogen-bond donors (Lipinski definition) is 1. The van der Waals surface area contributed by atoms with E-state index in [0.29, 0.717) is 22.2 Å². The Bertz CT molecular complexity index is 1340. The van der Waals surface area contributed by atoms with E-state index in [-0.39, 0.29) is 11.5 Å². The van der Waals surface area contributed by atoms with Crippen LogP contribution in [0, 0.1) is 6.92 Å². The minimum absolute atomic E-state index is 0.0123. The van der Waals surface area contributed by atoms with Crippen LogP contribution in [-0.2, 0) is 13.0 Å². The Hall–Kier alpha value is -3.32. The molecule has 0 atom stereocenters. The third kappa shape index (κ3) is 3.88. The van der Waals surface area contributed by atoms with E-state index in [2.05, 4.69) is 10.3 Å². The molecule has 2 aromatic heterocycles. The quantitative estimate of drug-likeness (QED) is 0.506. The van der Waals surface area contributed by atoms with E-state index < -0.39 is 0 Å². The number of carbonyl (C=O) groups is 1. The summed E-state index contributed by atoms with van der Waals surface area (Å²) in [6.45, 7) is 2.70. The highest BCUT2D eigenvalue weighted by Crippen LogP contribution is 2.23. The monoisotopic (exact) mass is 430 g/mol. The molecule has 2 aromatic carbocycles. The van der Waals surface area contributed by atoms with E-state index in [1.54, 1.807) is 34.1 Å². The lowest BCUT2D eigenvalue weighted by Crippen LogP contribution is -2.24. The summed E-state index contributed by atoms with van der Waals surface area (Å²) in [6, 6.07) is 12.7. The zero-order valence-corrected chi connectivity index (χ0v) is 18.0. The van der Waals surface area contributed by atoms with Gasteiger partial charge in [0.25, 0.3) is 11.5 Å². The van der Waals surface area contributed by atoms with Crippen molar-refractivity contribution in [1.82, 2.24) is 14.5 Å². The van der Waals surface area contributed by atoms with Crippen molar-refractivity contribution in [3.05, 3.63) is 74.6 Å². The molecule has 0 aliphatic carbocycles. The van der Waals surface area contributed by atoms with Gasteiger partial charge in [0.15, 0.2) is 0 Å². The number of rotatable bonds is 3. The minimum Gasteiger partial charge on any atom is -0.322 e. The summed E-state index contributed by atoms with van der Waals surface area (Å²) in [5.41, 5.74) is 3.71. The van der Waals surface area contributed by atoms with Gasteiger partial charge in [-0.05, 0) is 50.1 Å². The third-order valence-corrected chi connectivity index (χ3v) is 6.41. The van der Waals surface area contributed by atoms with Gasteiger partial charge in [0.1, 0.15) is 5.82 Å². The van der Waals surface area contributed by atoms with Gasteiger partial charge < -0.3 is 5.32 Å². The number of nitrogens with zero attached hydrogens (tertiary/aromatic N) is 3. The number of benzene rings is 2. The lowest BCUT2D eigenvalue weighted by Gasteiger charge is -2.11. The van der Waals surface area contributed by atoms with E-state index >= 15 is 0 Å². The average Bonchev–Trinajstić information content (AvgIpc) is 3.07. The molecule has 0 saturated heterocycles. The molecule has 0 fully saturated rings. The SMILES string of the molecule is Cc1nc(-c2ccc(NC(=O)c3ccc4c(=O)n5c(nc4c3)CCCCC5)cc2)cs1. The molecule has 0 spiro atoms. The van der Waals surface area contributed by atoms with E-state index in [4.69, 9.17) is 4.98 Å². The molecular formula is C24H22N4O2S. The molecule has 156 valence electrons. The normalized spacial score (nSPS) is 13.6. The maximum Gasteiger partial charge on any atom is 0.261 e. The molecule has 1 amide bonds. The molecule has 1 aliphatic rings. The lowest BCUT2D eigenvalue weighted by molar-refractivity contribution is 0.102. The maximum absolute atomic E-state index is 12.9. The summed E-state index contributed by atoms with van der Waals surface area (Å²) in [5, 5.41) is 6.53. The number of carbonyl (C=O) groups excluding carboxylic acids is 1. The second kappa shape index (κ2) is 8.07. The Morgan fingerprint density at radius 3 is 2.68 bits per heavy atom. The van der Waals surface area contributed by atoms with Gasteiger partial charge in [-0.1, -0.05) is 18.6 Å². The largest absolute Gasteiger partial charge is 0.322 e. The number of amides is 1. The molecular weight excluding hydrogens is 408 g/mol. The number of fused-ring (bicyclic) bond motifs is 2. The Balaban J connectivity index is 1.40. The van der Waals surface area contributed by atoms with Gasteiger partial charge in [0.2, 0.25) is 0 Å². The smallest absolute Gasteiger partial charge is 0.261 e. The highest BCUT2D eigenvalue weighted by molar-refractivity contribution is 7.09. The van der Waals surface area contributed by atoms with E-state index in [0.717, 1.165) is 54.3 Å². The summed E-state index contributed by atoms with van der Waals surface area (Å²) in [5.74, 6) is 0.594. The standard InChI is InChI=1S/C24H22N4O2S/c1-15-25-21(14-31-15)16-6-9-18(10-7-16)26-23(29)17-8-11-19-20(13-17)27-22-5-3-2-4-12-28(22)24(19)30/h6-11,13-14H,2-5,12H2,1H3,(H,26,29). The van der Waals surface area contributed by atoms with Crippen molar-refractivity contribution in [2.45, 2.75) is 39.2 Å². The van der Waals surface area contributed by atoms with E-state index in [1.165, 1.54) is 0 Å². The second-order valence-corrected chi connectivity index (χ2v) is 8.87. The summed E-state index contributed by atoms with van der Waals surface area (Å²) in [4.78, 5) is 34.9. The summed E-state index contributed by atoms with van der Waals surface area (Å²) < 4.78 is 1.79. The van der Waals surface area contributed by atoms with Crippen LogP contribution in [0.1, 0.15) is 40.5 Å². The molecule has 1 aliphatic heterocycles. The first-order valence-corrected chi connectivity index (χ1v) is 11.3. The van der Waals surface area contributed by atoms with Crippen LogP contribution in [0.2, 0.25) is 0 Å². The summed E-state index contributed by atoms with van der Waals surface area (Å²) in [6.07, 6.45) is 3.94. The molecule has 0 unspecified atom stereocenters. The van der Waals surface area contributed by atoms with Crippen LogP contribution in [0.3, 0.4) is 0 Å². The molecule has 0 radical (unpaired) electrons. The molecule has 31 heavy (non-hydrogen) atoms. The summed E-state index contributed by atoms with van der Waals surface area (Å²) >= 11 is 1.61. The number of hydrogen-bond acceptors (Lipinski definition) is 5. The topological polar surface area (TPSA) is 76.9 Å². The van der Waals surface area contributed by atoms with Gasteiger partial charge in [0, 0.05) is 35.2 Å². The van der Waals surface area contributed by atoms with Crippen molar-refractivity contribution < 1.29 is 4.79 Å². The molecule has 0 saturated carbocycles. The van der Waals surface area contributed by atoms with Crippen LogP contribution in [0.5, 0.6) is 0 Å². The van der Waals surface area contributed by atoms with Crippen molar-refractivity contribution in [3.8, 4) is 11.3 Å². The van der Waals surface area contributed by atoms with Gasteiger partial charge in [-0.3, -0.25) is 14.2 Å². The van der Waals surface area contributed by atoms with Crippen LogP contribution in [0.15, 0.2) is 52.6 Å². The van der Waals surface area contributed by atoms with Crippen LogP contribution < -0.4 is 10.9 Å². The molecule has 6 nitrogen and oxygen atoms in total. The van der Waals surface area contributed by atoms with Crippen molar-refractivity contribution in [2.24, 2.45) is 0 Å². The van der Waals surface area contributed by atoms with Gasteiger partial charge >= 0.3 is 0 Å². The Labute approximate surface area is 183 Å². The highest BCUT2D eigenvalue weighted by Gasteiger charge is 2.15. The minimum atomic E-state index is -0.226. The molecule has 3 heterocycles. The molecule has 4 aromatic rings. The van der Waals surface area contributed by atoms with Crippen molar-refractivity contribution in [1.29, 1.82) is 0 Å². The zero-order valence-electron chi connectivity index (χ0n) is 17.2. The number of thiazole rings is 1. The molecule has 1 N–H and O–H groups in total. The van der Waals surface area contributed by atoms with Gasteiger partial charge in [-0.2, -0.15) is 0 Å². The zero-order chi connectivity index (χ0) is 21.4. The predicted molar refractivity (Wildman–Crippen MR) is 124 cm³/mol. The first-order chi connectivity index (χ1) is 15.1. The van der Waals surface area contributed by atoms with E-state index in [9.17, 15) is 9.59 Å². The van der Waals surface area contributed by atoms with Crippen LogP contribution in [0.4, 0.5) is 5.69 Å². The van der Waals surface area contributed by atoms with Crippen LogP contribution >= 0.6 is 11.3 Å². The van der Waals surface area contributed by atoms with Crippen LogP contribution in [-0.4, -0.2) is 20.4 Å². The van der Waals surface area contributed by atoms with Crippen molar-refractivity contribution >= 4 is 33.8 Å². The molecule has 5 rings (SSSR count). The van der Waals surface area contributed by atoms with Gasteiger partial charge in [0.05, 0.1) is 21.6 Å². The van der Waals surface area contributed by atoms with E-state index in [1.807, 2.05) is 36.6 Å². The number of aromatic nitrogens is 3. The second-order valence-electron chi connectivity index (χ2n) is 7.81. The first-order valence-electron chi connectivity index (χ1n) is 10.5. The fourth-order valence-corrected chi connectivity index (χ4v) is 4.61. The average molecular weight is 431 g/mol. The molecule has 7 heteroatoms. The summed E-state index contributed by atoms with van der Waals surface area (Å²) in [7, 11) is 0. The Morgan fingerprint density at radius 2 is 1.90 bits per heavy atom. The number of anilines is 1. The lowest BCUT2D eigenvalue weighted by atomic mass is 10.1. The Kier molecular flexibility index (Phi) is 5.11. The Morgan fingerprint density at radius 1 is 1.06 bits per heavy atom. The first kappa shape index (κ1) is 19.6. The maximum atomic E-state index is 12.9.